The number of hydrogen-bond donors (Lipinski definition) is 1. The average molecular weight is 250 g/mol. The van der Waals surface area contributed by atoms with Gasteiger partial charge in [0, 0.05) is 38.9 Å². The van der Waals surface area contributed by atoms with Gasteiger partial charge in [0.1, 0.15) is 9.84 Å². The van der Waals surface area contributed by atoms with Gasteiger partial charge < -0.3 is 10.2 Å². The fourth-order valence-corrected chi connectivity index (χ4v) is 1.83. The van der Waals surface area contributed by atoms with Crippen molar-refractivity contribution in [3.63, 3.8) is 0 Å². The predicted octanol–water partition coefficient (Wildman–Crippen LogP) is -0.121. The lowest BCUT2D eigenvalue weighted by molar-refractivity contribution is -0.130. The smallest absolute Gasteiger partial charge is 0.223 e. The Bertz CT molecular complexity index is 297. The molecule has 0 saturated heterocycles. The Morgan fingerprint density at radius 3 is 2.19 bits per heavy atom. The molecule has 0 fully saturated rings. The molecule has 6 heteroatoms. The molecule has 16 heavy (non-hydrogen) atoms. The molecule has 0 aliphatic heterocycles. The van der Waals surface area contributed by atoms with E-state index in [1.54, 1.807) is 4.90 Å². The second kappa shape index (κ2) is 7.62. The minimum absolute atomic E-state index is 0.108. The fraction of sp³-hybridized carbons (Fsp3) is 0.900. The molecule has 5 nitrogen and oxygen atoms in total. The van der Waals surface area contributed by atoms with Gasteiger partial charge in [-0.1, -0.05) is 0 Å². The fourth-order valence-electron chi connectivity index (χ4n) is 1.31. The van der Waals surface area contributed by atoms with Crippen LogP contribution in [0.25, 0.3) is 0 Å². The average Bonchev–Trinajstić information content (AvgIpc) is 2.17. The van der Waals surface area contributed by atoms with Crippen molar-refractivity contribution in [1.82, 2.24) is 10.2 Å². The minimum Gasteiger partial charge on any atom is -0.343 e. The monoisotopic (exact) mass is 250 g/mol. The molecule has 0 spiro atoms. The third-order valence-corrected chi connectivity index (χ3v) is 3.23. The van der Waals surface area contributed by atoms with Crippen LogP contribution in [0.15, 0.2) is 0 Å². The van der Waals surface area contributed by atoms with E-state index in [-0.39, 0.29) is 11.7 Å². The van der Waals surface area contributed by atoms with Crippen molar-refractivity contribution in [2.75, 3.05) is 38.2 Å². The van der Waals surface area contributed by atoms with Crippen LogP contribution >= 0.6 is 0 Å². The van der Waals surface area contributed by atoms with Crippen LogP contribution in [0.4, 0.5) is 0 Å². The summed E-state index contributed by atoms with van der Waals surface area (Å²) in [6, 6.07) is 0. The van der Waals surface area contributed by atoms with E-state index in [4.69, 9.17) is 0 Å². The zero-order chi connectivity index (χ0) is 12.6. The standard InChI is InChI=1S/C10H22N2O3S/c1-4-12(5-2)10(13)6-7-11-8-9-16(3,14)15/h11H,4-9H2,1-3H3. The molecular weight excluding hydrogens is 228 g/mol. The molecular formula is C10H22N2O3S. The van der Waals surface area contributed by atoms with Gasteiger partial charge in [-0.05, 0) is 13.8 Å². The molecule has 0 aliphatic rings. The molecule has 0 aromatic rings. The van der Waals surface area contributed by atoms with Crippen LogP contribution in [0.3, 0.4) is 0 Å². The maximum Gasteiger partial charge on any atom is 0.223 e. The lowest BCUT2D eigenvalue weighted by Gasteiger charge is -2.18. The number of sulfone groups is 1. The molecule has 0 atom stereocenters. The highest BCUT2D eigenvalue weighted by molar-refractivity contribution is 7.90. The summed E-state index contributed by atoms with van der Waals surface area (Å²) >= 11 is 0. The van der Waals surface area contributed by atoms with Crippen molar-refractivity contribution in [2.24, 2.45) is 0 Å². The van der Waals surface area contributed by atoms with Crippen LogP contribution in [-0.4, -0.2) is 57.4 Å². The molecule has 0 rings (SSSR count). The first kappa shape index (κ1) is 15.4. The molecule has 96 valence electrons. The number of hydrogen-bond acceptors (Lipinski definition) is 4. The van der Waals surface area contributed by atoms with Gasteiger partial charge in [0.2, 0.25) is 5.91 Å². The predicted molar refractivity (Wildman–Crippen MR) is 65.1 cm³/mol. The molecule has 1 amide bonds. The minimum atomic E-state index is -2.91. The van der Waals surface area contributed by atoms with Gasteiger partial charge in [0.15, 0.2) is 0 Å². The van der Waals surface area contributed by atoms with E-state index in [1.807, 2.05) is 13.8 Å². The van der Waals surface area contributed by atoms with Crippen LogP contribution in [-0.2, 0) is 14.6 Å². The normalized spacial score (nSPS) is 11.4. The first-order valence-corrected chi connectivity index (χ1v) is 7.63. The third kappa shape index (κ3) is 7.64. The number of carbonyl (C=O) groups is 1. The van der Waals surface area contributed by atoms with Crippen LogP contribution in [0.2, 0.25) is 0 Å². The first-order chi connectivity index (χ1) is 7.40. The third-order valence-electron chi connectivity index (χ3n) is 2.28. The van der Waals surface area contributed by atoms with E-state index in [1.165, 1.54) is 6.26 Å². The van der Waals surface area contributed by atoms with Crippen molar-refractivity contribution >= 4 is 15.7 Å². The maximum atomic E-state index is 11.5. The summed E-state index contributed by atoms with van der Waals surface area (Å²) in [6.45, 7) is 6.27. The first-order valence-electron chi connectivity index (χ1n) is 5.57. The lowest BCUT2D eigenvalue weighted by Crippen LogP contribution is -2.33. The summed E-state index contributed by atoms with van der Waals surface area (Å²) in [5.41, 5.74) is 0. The number of nitrogens with one attached hydrogen (secondary N) is 1. The number of rotatable bonds is 8. The SMILES string of the molecule is CCN(CC)C(=O)CCNCCS(C)(=O)=O. The number of carbonyl (C=O) groups excluding carboxylic acids is 1. The molecule has 0 unspecified atom stereocenters. The quantitative estimate of drug-likeness (QED) is 0.610. The summed E-state index contributed by atoms with van der Waals surface area (Å²) in [7, 11) is -2.91. The second-order valence-electron chi connectivity index (χ2n) is 3.70. The summed E-state index contributed by atoms with van der Waals surface area (Å²) in [5.74, 6) is 0.226. The van der Waals surface area contributed by atoms with E-state index in [0.717, 1.165) is 13.1 Å². The molecule has 0 aliphatic carbocycles. The summed E-state index contributed by atoms with van der Waals surface area (Å²) in [6.07, 6.45) is 1.63. The van der Waals surface area contributed by atoms with Gasteiger partial charge in [-0.25, -0.2) is 8.42 Å². The zero-order valence-electron chi connectivity index (χ0n) is 10.3. The van der Waals surface area contributed by atoms with Crippen LogP contribution in [0.1, 0.15) is 20.3 Å². The van der Waals surface area contributed by atoms with E-state index in [9.17, 15) is 13.2 Å². The van der Waals surface area contributed by atoms with Crippen molar-refractivity contribution in [3.8, 4) is 0 Å². The van der Waals surface area contributed by atoms with Gasteiger partial charge in [0.25, 0.3) is 0 Å². The Morgan fingerprint density at radius 1 is 1.19 bits per heavy atom. The van der Waals surface area contributed by atoms with Crippen LogP contribution in [0, 0.1) is 0 Å². The lowest BCUT2D eigenvalue weighted by atomic mass is 10.3. The Kier molecular flexibility index (Phi) is 7.33. The highest BCUT2D eigenvalue weighted by atomic mass is 32.2. The van der Waals surface area contributed by atoms with Gasteiger partial charge in [0.05, 0.1) is 5.75 Å². The van der Waals surface area contributed by atoms with Gasteiger partial charge in [-0.2, -0.15) is 0 Å². The van der Waals surface area contributed by atoms with E-state index < -0.39 is 9.84 Å². The molecule has 0 radical (unpaired) electrons. The molecule has 0 heterocycles. The molecule has 0 aromatic heterocycles. The molecule has 0 aromatic carbocycles. The largest absolute Gasteiger partial charge is 0.343 e. The van der Waals surface area contributed by atoms with E-state index in [0.29, 0.717) is 19.5 Å². The Morgan fingerprint density at radius 2 is 1.75 bits per heavy atom. The number of amides is 1. The topological polar surface area (TPSA) is 66.5 Å². The van der Waals surface area contributed by atoms with E-state index >= 15 is 0 Å². The molecule has 0 bridgehead atoms. The Labute approximate surface area is 98.1 Å². The van der Waals surface area contributed by atoms with Crippen LogP contribution in [0.5, 0.6) is 0 Å². The van der Waals surface area contributed by atoms with Crippen molar-refractivity contribution in [2.45, 2.75) is 20.3 Å². The summed E-state index contributed by atoms with van der Waals surface area (Å²) in [5, 5.41) is 2.95. The highest BCUT2D eigenvalue weighted by Gasteiger charge is 2.08. The molecule has 1 N–H and O–H groups in total. The van der Waals surface area contributed by atoms with Gasteiger partial charge in [-0.3, -0.25) is 4.79 Å². The van der Waals surface area contributed by atoms with Crippen LogP contribution < -0.4 is 5.32 Å². The Balaban J connectivity index is 3.63. The summed E-state index contributed by atoms with van der Waals surface area (Å²) < 4.78 is 21.6. The van der Waals surface area contributed by atoms with E-state index in [2.05, 4.69) is 5.32 Å². The molecule has 0 saturated carbocycles. The van der Waals surface area contributed by atoms with Gasteiger partial charge in [-0.15, -0.1) is 0 Å². The Hall–Kier alpha value is -0.620. The summed E-state index contributed by atoms with van der Waals surface area (Å²) in [4.78, 5) is 13.3. The van der Waals surface area contributed by atoms with Crippen molar-refractivity contribution in [1.29, 1.82) is 0 Å². The van der Waals surface area contributed by atoms with Crippen molar-refractivity contribution in [3.05, 3.63) is 0 Å². The number of nitrogens with zero attached hydrogens (tertiary/aromatic N) is 1. The maximum absolute atomic E-state index is 11.5. The highest BCUT2D eigenvalue weighted by Crippen LogP contribution is 1.92. The van der Waals surface area contributed by atoms with Crippen molar-refractivity contribution < 1.29 is 13.2 Å². The van der Waals surface area contributed by atoms with Gasteiger partial charge >= 0.3 is 0 Å². The second-order valence-corrected chi connectivity index (χ2v) is 5.96. The zero-order valence-corrected chi connectivity index (χ0v) is 11.1.